The van der Waals surface area contributed by atoms with Crippen LogP contribution in [0.25, 0.3) is 0 Å². The van der Waals surface area contributed by atoms with Gasteiger partial charge in [-0.2, -0.15) is 0 Å². The van der Waals surface area contributed by atoms with Crippen LogP contribution in [0.15, 0.2) is 0 Å². The molecule has 0 aromatic carbocycles. The molecule has 0 radical (unpaired) electrons. The largest absolute Gasteiger partial charge is 0.400 e. The predicted octanol–water partition coefficient (Wildman–Crippen LogP) is 0.929. The molecule has 0 aliphatic carbocycles. The van der Waals surface area contributed by atoms with E-state index in [2.05, 4.69) is 5.90 Å². The Kier molecular flexibility index (Phi) is 49.9. The summed E-state index contributed by atoms with van der Waals surface area (Å²) in [5.74, 6) is 3.50. The molecule has 0 bridgehead atoms. The number of halogens is 3. The van der Waals surface area contributed by atoms with Crippen molar-refractivity contribution in [2.24, 2.45) is 5.90 Å². The van der Waals surface area contributed by atoms with Crippen molar-refractivity contribution < 1.29 is 10.3 Å². The first-order valence-corrected chi connectivity index (χ1v) is 2.67. The zero-order valence-corrected chi connectivity index (χ0v) is 6.45. The molecular weight excluding hydrogens is 176 g/mol. The molecule has 0 unspecified atom stereocenters. The summed E-state index contributed by atoms with van der Waals surface area (Å²) in [6.07, 6.45) is 0. The van der Waals surface area contributed by atoms with Crippen molar-refractivity contribution in [2.75, 3.05) is 7.11 Å². The number of aliphatic hydroxyl groups is 1. The molecule has 0 fully saturated rings. The maximum atomic E-state index is 7.00. The van der Waals surface area contributed by atoms with E-state index in [1.54, 1.807) is 0 Å². The molecule has 0 saturated heterocycles. The topological polar surface area (TPSA) is 66.5 Å². The summed E-state index contributed by atoms with van der Waals surface area (Å²) in [6, 6.07) is 0. The number of rotatable bonds is 0. The number of hydrogen-bond acceptors (Lipinski definition) is 3. The minimum absolute atomic E-state index is 0.750. The molecule has 0 spiro atoms. The zero-order valence-electron chi connectivity index (χ0n) is 4.18. The van der Waals surface area contributed by atoms with Gasteiger partial charge in [0.15, 0.2) is 4.30 Å². The number of nitrogens with two attached hydrogens (primary N) is 1. The number of alkyl halides is 3. The van der Waals surface area contributed by atoms with E-state index in [0.717, 1.165) is 7.11 Å². The van der Waals surface area contributed by atoms with E-state index < -0.39 is 4.30 Å². The van der Waals surface area contributed by atoms with Crippen LogP contribution >= 0.6 is 34.8 Å². The van der Waals surface area contributed by atoms with Gasteiger partial charge >= 0.3 is 0 Å². The van der Waals surface area contributed by atoms with Crippen molar-refractivity contribution in [1.29, 1.82) is 0 Å². The average Bonchev–Trinajstić information content (AvgIpc) is 1.75. The van der Waals surface area contributed by atoms with E-state index in [-0.39, 0.29) is 0 Å². The Hall–Kier alpha value is 0.750. The average molecular weight is 184 g/mol. The second kappa shape index (κ2) is 25.1. The van der Waals surface area contributed by atoms with E-state index in [1.807, 2.05) is 0 Å². The SMILES string of the molecule is CO.ClC(Cl)Cl.NO. The molecule has 0 aromatic heterocycles. The smallest absolute Gasteiger partial charge is 0.180 e. The van der Waals surface area contributed by atoms with Gasteiger partial charge in [0.2, 0.25) is 0 Å². The molecule has 6 heteroatoms. The summed E-state index contributed by atoms with van der Waals surface area (Å²) >= 11 is 14.4. The Morgan fingerprint density at radius 2 is 1.12 bits per heavy atom. The number of aliphatic hydroxyl groups excluding tert-OH is 1. The zero-order chi connectivity index (χ0) is 7.58. The van der Waals surface area contributed by atoms with E-state index in [1.165, 1.54) is 0 Å². The maximum Gasteiger partial charge on any atom is 0.180 e. The summed E-state index contributed by atoms with van der Waals surface area (Å²) in [5, 5.41) is 13.5. The minimum atomic E-state index is -0.750. The van der Waals surface area contributed by atoms with Crippen molar-refractivity contribution in [3.05, 3.63) is 0 Å². The molecule has 0 rings (SSSR count). The number of hydrogen-bond donors (Lipinski definition) is 3. The predicted molar refractivity (Wildman–Crippen MR) is 35.5 cm³/mol. The van der Waals surface area contributed by atoms with E-state index in [0.29, 0.717) is 0 Å². The normalized spacial score (nSPS) is 6.00. The molecule has 0 saturated carbocycles. The first-order valence-electron chi connectivity index (χ1n) is 1.36. The van der Waals surface area contributed by atoms with Crippen LogP contribution in [0.2, 0.25) is 0 Å². The van der Waals surface area contributed by atoms with Crippen LogP contribution in [0.4, 0.5) is 0 Å². The second-order valence-electron chi connectivity index (χ2n) is 0.247. The van der Waals surface area contributed by atoms with Gasteiger partial charge < -0.3 is 10.3 Å². The highest BCUT2D eigenvalue weighted by Gasteiger charge is 1.78. The third-order valence-electron chi connectivity index (χ3n) is 0. The van der Waals surface area contributed by atoms with Gasteiger partial charge in [-0.25, -0.2) is 5.90 Å². The highest BCUT2D eigenvalue weighted by atomic mass is 35.6. The Labute approximate surface area is 62.9 Å². The van der Waals surface area contributed by atoms with Crippen molar-refractivity contribution in [3.63, 3.8) is 0 Å². The Bertz CT molecular complexity index is 20.0. The van der Waals surface area contributed by atoms with Crippen LogP contribution < -0.4 is 5.90 Å². The van der Waals surface area contributed by atoms with Gasteiger partial charge in [0, 0.05) is 7.11 Å². The summed E-state index contributed by atoms with van der Waals surface area (Å²) in [6.45, 7) is 0. The summed E-state index contributed by atoms with van der Waals surface area (Å²) in [4.78, 5) is 0. The molecule has 8 heavy (non-hydrogen) atoms. The van der Waals surface area contributed by atoms with Crippen molar-refractivity contribution >= 4 is 34.8 Å². The van der Waals surface area contributed by atoms with E-state index >= 15 is 0 Å². The van der Waals surface area contributed by atoms with Gasteiger partial charge in [0.25, 0.3) is 0 Å². The minimum Gasteiger partial charge on any atom is -0.400 e. The van der Waals surface area contributed by atoms with Gasteiger partial charge in [-0.15, -0.1) is 0 Å². The highest BCUT2D eigenvalue weighted by Crippen LogP contribution is 2.03. The lowest BCUT2D eigenvalue weighted by molar-refractivity contribution is 0.311. The fourth-order valence-corrected chi connectivity index (χ4v) is 0. The molecule has 0 aliphatic heterocycles. The van der Waals surface area contributed by atoms with Gasteiger partial charge in [-0.3, -0.25) is 0 Å². The van der Waals surface area contributed by atoms with Crippen LogP contribution in [-0.2, 0) is 0 Å². The fourth-order valence-electron chi connectivity index (χ4n) is 0. The third-order valence-corrected chi connectivity index (χ3v) is 0. The molecule has 0 aromatic rings. The molecule has 0 amide bonds. The van der Waals surface area contributed by atoms with E-state index in [4.69, 9.17) is 45.1 Å². The second-order valence-corrected chi connectivity index (χ2v) is 2.23. The van der Waals surface area contributed by atoms with Crippen LogP contribution in [0.3, 0.4) is 0 Å². The summed E-state index contributed by atoms with van der Waals surface area (Å²) in [5.41, 5.74) is 0. The Balaban J connectivity index is -0.0000000542. The molecule has 3 nitrogen and oxygen atoms in total. The van der Waals surface area contributed by atoms with Crippen molar-refractivity contribution in [2.45, 2.75) is 4.30 Å². The van der Waals surface area contributed by atoms with Gasteiger partial charge in [0.1, 0.15) is 0 Å². The summed E-state index contributed by atoms with van der Waals surface area (Å²) < 4.78 is -0.750. The van der Waals surface area contributed by atoms with Gasteiger partial charge in [-0.1, -0.05) is 34.8 Å². The van der Waals surface area contributed by atoms with Crippen LogP contribution in [-0.4, -0.2) is 21.7 Å². The van der Waals surface area contributed by atoms with Gasteiger partial charge in [-0.05, 0) is 0 Å². The molecule has 0 heterocycles. The molecule has 0 aliphatic rings. The van der Waals surface area contributed by atoms with Gasteiger partial charge in [0.05, 0.1) is 0 Å². The van der Waals surface area contributed by atoms with Crippen molar-refractivity contribution in [3.8, 4) is 0 Å². The Morgan fingerprint density at radius 1 is 1.12 bits per heavy atom. The standard InChI is InChI=1S/CHCl3.CH4O.H3NO/c2-1(3)4;2*1-2/h1H;2H,1H3;2H,1H2. The Morgan fingerprint density at radius 3 is 1.12 bits per heavy atom. The first kappa shape index (κ1) is 15.9. The fraction of sp³-hybridized carbons (Fsp3) is 1.00. The monoisotopic (exact) mass is 183 g/mol. The van der Waals surface area contributed by atoms with Crippen LogP contribution in [0, 0.1) is 0 Å². The molecule has 0 atom stereocenters. The van der Waals surface area contributed by atoms with E-state index in [9.17, 15) is 0 Å². The quantitative estimate of drug-likeness (QED) is 0.388. The first-order chi connectivity index (χ1) is 3.73. The lowest BCUT2D eigenvalue weighted by atomic mass is 11.8. The molecular formula is C2H8Cl3NO2. The molecule has 54 valence electrons. The third kappa shape index (κ3) is 397. The highest BCUT2D eigenvalue weighted by molar-refractivity contribution is 6.63. The summed E-state index contributed by atoms with van der Waals surface area (Å²) in [7, 11) is 1.00. The van der Waals surface area contributed by atoms with Crippen LogP contribution in [0.5, 0.6) is 0 Å². The lowest BCUT2D eigenvalue weighted by Gasteiger charge is -1.69. The maximum absolute atomic E-state index is 7.00. The lowest BCUT2D eigenvalue weighted by Crippen LogP contribution is -1.72. The van der Waals surface area contributed by atoms with Crippen LogP contribution in [0.1, 0.15) is 0 Å². The van der Waals surface area contributed by atoms with Crippen molar-refractivity contribution in [1.82, 2.24) is 0 Å². The molecule has 4 N–H and O–H groups in total.